The third kappa shape index (κ3) is 4.86. The molecule has 2 fully saturated rings. The molecule has 2 saturated heterocycles. The minimum absolute atomic E-state index is 0.0846. The van der Waals surface area contributed by atoms with Crippen LogP contribution in [0.1, 0.15) is 30.4 Å². The van der Waals surface area contributed by atoms with Gasteiger partial charge in [-0.25, -0.2) is 4.79 Å². The molecule has 2 atom stereocenters. The predicted molar refractivity (Wildman–Crippen MR) is 120 cm³/mol. The summed E-state index contributed by atoms with van der Waals surface area (Å²) in [6.07, 6.45) is 4.73. The van der Waals surface area contributed by atoms with Gasteiger partial charge in [-0.15, -0.1) is 0 Å². The number of aryl methyl sites for hydroxylation is 1. The second kappa shape index (κ2) is 9.28. The largest absolute Gasteiger partial charge is 0.493 e. The monoisotopic (exact) mass is 421 g/mol. The van der Waals surface area contributed by atoms with Crippen molar-refractivity contribution in [3.8, 4) is 16.9 Å². The SMILES string of the molecule is O=C(NCc1ccc(-c2ccc3c(c2)CCCO3)cc1)NCC1CN2CCCC2CO1. The minimum atomic E-state index is -0.147. The van der Waals surface area contributed by atoms with Crippen LogP contribution in [0.4, 0.5) is 4.79 Å². The Morgan fingerprint density at radius 1 is 1.06 bits per heavy atom. The molecular formula is C25H31N3O3. The second-order valence-electron chi connectivity index (χ2n) is 8.78. The summed E-state index contributed by atoms with van der Waals surface area (Å²) < 4.78 is 11.6. The van der Waals surface area contributed by atoms with Crippen molar-refractivity contribution in [3.63, 3.8) is 0 Å². The summed E-state index contributed by atoms with van der Waals surface area (Å²) >= 11 is 0. The summed E-state index contributed by atoms with van der Waals surface area (Å²) in [7, 11) is 0. The number of amides is 2. The summed E-state index contributed by atoms with van der Waals surface area (Å²) in [5, 5.41) is 5.90. The van der Waals surface area contributed by atoms with Crippen LogP contribution in [-0.4, -0.2) is 55.9 Å². The molecule has 6 nitrogen and oxygen atoms in total. The van der Waals surface area contributed by atoms with Crippen LogP contribution < -0.4 is 15.4 Å². The van der Waals surface area contributed by atoms with E-state index in [1.165, 1.54) is 29.5 Å². The van der Waals surface area contributed by atoms with E-state index in [0.717, 1.165) is 50.5 Å². The molecule has 0 radical (unpaired) electrons. The number of benzene rings is 2. The van der Waals surface area contributed by atoms with E-state index in [0.29, 0.717) is 19.1 Å². The number of urea groups is 1. The Hall–Kier alpha value is -2.57. The fourth-order valence-electron chi connectivity index (χ4n) is 4.82. The lowest BCUT2D eigenvalue weighted by molar-refractivity contribution is -0.0457. The number of morpholine rings is 1. The zero-order valence-electron chi connectivity index (χ0n) is 17.9. The molecule has 2 aromatic carbocycles. The maximum atomic E-state index is 12.2. The summed E-state index contributed by atoms with van der Waals surface area (Å²) in [6.45, 7) is 4.73. The normalized spacial score (nSPS) is 22.8. The van der Waals surface area contributed by atoms with E-state index in [1.54, 1.807) is 0 Å². The summed E-state index contributed by atoms with van der Waals surface area (Å²) in [5.41, 5.74) is 4.74. The molecule has 0 aliphatic carbocycles. The van der Waals surface area contributed by atoms with E-state index < -0.39 is 0 Å². The van der Waals surface area contributed by atoms with Crippen LogP contribution in [-0.2, 0) is 17.7 Å². The lowest BCUT2D eigenvalue weighted by Crippen LogP contribution is -2.51. The van der Waals surface area contributed by atoms with Crippen LogP contribution in [0.3, 0.4) is 0 Å². The highest BCUT2D eigenvalue weighted by molar-refractivity contribution is 5.74. The van der Waals surface area contributed by atoms with Crippen molar-refractivity contribution in [2.45, 2.75) is 44.4 Å². The third-order valence-corrected chi connectivity index (χ3v) is 6.60. The summed E-state index contributed by atoms with van der Waals surface area (Å²) in [4.78, 5) is 14.7. The first-order valence-corrected chi connectivity index (χ1v) is 11.5. The topological polar surface area (TPSA) is 62.8 Å². The van der Waals surface area contributed by atoms with Crippen molar-refractivity contribution >= 4 is 6.03 Å². The zero-order valence-corrected chi connectivity index (χ0v) is 17.9. The summed E-state index contributed by atoms with van der Waals surface area (Å²) in [6, 6.07) is 15.2. The minimum Gasteiger partial charge on any atom is -0.493 e. The van der Waals surface area contributed by atoms with E-state index in [-0.39, 0.29) is 12.1 Å². The molecule has 0 aromatic heterocycles. The van der Waals surface area contributed by atoms with Crippen LogP contribution in [0.2, 0.25) is 0 Å². The van der Waals surface area contributed by atoms with Crippen molar-refractivity contribution < 1.29 is 14.3 Å². The summed E-state index contributed by atoms with van der Waals surface area (Å²) in [5.74, 6) is 1.01. The van der Waals surface area contributed by atoms with Gasteiger partial charge in [0.2, 0.25) is 0 Å². The van der Waals surface area contributed by atoms with Crippen molar-refractivity contribution in [3.05, 3.63) is 53.6 Å². The van der Waals surface area contributed by atoms with Gasteiger partial charge in [-0.1, -0.05) is 30.3 Å². The highest BCUT2D eigenvalue weighted by Gasteiger charge is 2.32. The Bertz CT molecular complexity index is 915. The van der Waals surface area contributed by atoms with Gasteiger partial charge < -0.3 is 20.1 Å². The first-order valence-electron chi connectivity index (χ1n) is 11.5. The molecule has 5 rings (SSSR count). The molecule has 2 N–H and O–H groups in total. The maximum Gasteiger partial charge on any atom is 0.315 e. The number of carbonyl (C=O) groups is 1. The Kier molecular flexibility index (Phi) is 6.09. The Morgan fingerprint density at radius 3 is 2.84 bits per heavy atom. The number of fused-ring (bicyclic) bond motifs is 2. The quantitative estimate of drug-likeness (QED) is 0.777. The highest BCUT2D eigenvalue weighted by atomic mass is 16.5. The second-order valence-corrected chi connectivity index (χ2v) is 8.78. The molecule has 2 aromatic rings. The predicted octanol–water partition coefficient (Wildman–Crippen LogP) is 3.34. The number of nitrogens with one attached hydrogen (secondary N) is 2. The van der Waals surface area contributed by atoms with Gasteiger partial charge in [0.25, 0.3) is 0 Å². The van der Waals surface area contributed by atoms with Crippen molar-refractivity contribution in [2.24, 2.45) is 0 Å². The van der Waals surface area contributed by atoms with Crippen LogP contribution in [0, 0.1) is 0 Å². The lowest BCUT2D eigenvalue weighted by Gasteiger charge is -2.35. The molecule has 3 aliphatic heterocycles. The average Bonchev–Trinajstić information content (AvgIpc) is 3.29. The molecule has 2 amide bonds. The van der Waals surface area contributed by atoms with Crippen LogP contribution in [0.25, 0.3) is 11.1 Å². The number of rotatable bonds is 5. The number of nitrogens with zero attached hydrogens (tertiary/aromatic N) is 1. The van der Waals surface area contributed by atoms with Crippen LogP contribution >= 0.6 is 0 Å². The molecule has 0 bridgehead atoms. The fourth-order valence-corrected chi connectivity index (χ4v) is 4.82. The van der Waals surface area contributed by atoms with E-state index in [4.69, 9.17) is 9.47 Å². The molecule has 2 unspecified atom stereocenters. The number of ether oxygens (including phenoxy) is 2. The van der Waals surface area contributed by atoms with Gasteiger partial charge in [0.15, 0.2) is 0 Å². The zero-order chi connectivity index (χ0) is 21.0. The van der Waals surface area contributed by atoms with E-state index in [2.05, 4.69) is 58.0 Å². The van der Waals surface area contributed by atoms with E-state index in [9.17, 15) is 4.79 Å². The first kappa shape index (κ1) is 20.3. The molecule has 31 heavy (non-hydrogen) atoms. The lowest BCUT2D eigenvalue weighted by atomic mass is 9.98. The smallest absolute Gasteiger partial charge is 0.315 e. The van der Waals surface area contributed by atoms with Crippen molar-refractivity contribution in [1.29, 1.82) is 0 Å². The Labute approximate surface area is 183 Å². The Morgan fingerprint density at radius 2 is 1.94 bits per heavy atom. The molecule has 0 spiro atoms. The van der Waals surface area contributed by atoms with Crippen molar-refractivity contribution in [1.82, 2.24) is 15.5 Å². The third-order valence-electron chi connectivity index (χ3n) is 6.60. The van der Waals surface area contributed by atoms with Gasteiger partial charge >= 0.3 is 6.03 Å². The van der Waals surface area contributed by atoms with Gasteiger partial charge in [0.05, 0.1) is 19.3 Å². The van der Waals surface area contributed by atoms with E-state index in [1.807, 2.05) is 0 Å². The van der Waals surface area contributed by atoms with Crippen LogP contribution in [0.15, 0.2) is 42.5 Å². The number of hydrogen-bond donors (Lipinski definition) is 2. The average molecular weight is 422 g/mol. The van der Waals surface area contributed by atoms with Gasteiger partial charge in [-0.3, -0.25) is 4.90 Å². The van der Waals surface area contributed by atoms with Crippen LogP contribution in [0.5, 0.6) is 5.75 Å². The number of carbonyl (C=O) groups excluding carboxylic acids is 1. The molecule has 164 valence electrons. The maximum absolute atomic E-state index is 12.2. The molecule has 3 heterocycles. The van der Waals surface area contributed by atoms with Gasteiger partial charge in [-0.2, -0.15) is 0 Å². The first-order chi connectivity index (χ1) is 15.2. The molecular weight excluding hydrogens is 390 g/mol. The fraction of sp³-hybridized carbons (Fsp3) is 0.480. The van der Waals surface area contributed by atoms with Gasteiger partial charge in [0.1, 0.15) is 5.75 Å². The van der Waals surface area contributed by atoms with E-state index >= 15 is 0 Å². The van der Waals surface area contributed by atoms with Gasteiger partial charge in [0, 0.05) is 25.7 Å². The van der Waals surface area contributed by atoms with Crippen molar-refractivity contribution in [2.75, 3.05) is 32.8 Å². The Balaban J connectivity index is 1.09. The van der Waals surface area contributed by atoms with Gasteiger partial charge in [-0.05, 0) is 66.6 Å². The molecule has 6 heteroatoms. The standard InChI is InChI=1S/C25H31N3O3/c29-25(27-15-23-16-28-11-1-4-22(28)17-31-23)26-14-18-5-7-19(8-6-18)20-9-10-24-21(13-20)3-2-12-30-24/h5-10,13,22-23H,1-4,11-12,14-17H2,(H2,26,27,29). The highest BCUT2D eigenvalue weighted by Crippen LogP contribution is 2.30. The molecule has 0 saturated carbocycles. The molecule has 3 aliphatic rings. The number of hydrogen-bond acceptors (Lipinski definition) is 4.